The zero-order valence-corrected chi connectivity index (χ0v) is 16.1. The topological polar surface area (TPSA) is 65.6 Å². The minimum Gasteiger partial charge on any atom is -0.373 e. The summed E-state index contributed by atoms with van der Waals surface area (Å²) in [6.07, 6.45) is 0.547. The number of hydrogen-bond donors (Lipinski definition) is 1. The molecule has 0 saturated carbocycles. The Morgan fingerprint density at radius 1 is 1.26 bits per heavy atom. The number of ether oxygens (including phenoxy) is 1. The summed E-state index contributed by atoms with van der Waals surface area (Å²) in [6, 6.07) is 12.4. The second-order valence-corrected chi connectivity index (χ2v) is 7.40. The van der Waals surface area contributed by atoms with E-state index >= 15 is 0 Å². The Kier molecular flexibility index (Phi) is 4.73. The highest BCUT2D eigenvalue weighted by Gasteiger charge is 2.21. The van der Waals surface area contributed by atoms with Crippen LogP contribution in [0.15, 0.2) is 30.3 Å². The standard InChI is InChI=1S/C21H25N5O/c1-14-10-20(23-8-9-25-12-15(2)27-16(3)13-25)26-19-7-5-4-6-18(19)24-21(26)17(14)11-22/h4-7,10,15-16,23H,8-9,12-13H2,1-3H3. The Balaban J connectivity index is 1.63. The molecule has 1 saturated heterocycles. The summed E-state index contributed by atoms with van der Waals surface area (Å²) in [6.45, 7) is 9.91. The molecule has 3 aromatic rings. The number of imidazole rings is 1. The van der Waals surface area contributed by atoms with Gasteiger partial charge in [0.1, 0.15) is 11.9 Å². The molecule has 27 heavy (non-hydrogen) atoms. The quantitative estimate of drug-likeness (QED) is 0.771. The molecule has 4 rings (SSSR count). The summed E-state index contributed by atoms with van der Waals surface area (Å²) in [5.41, 5.74) is 4.21. The molecular formula is C21H25N5O. The summed E-state index contributed by atoms with van der Waals surface area (Å²) in [4.78, 5) is 7.13. The second kappa shape index (κ2) is 7.18. The van der Waals surface area contributed by atoms with E-state index in [-0.39, 0.29) is 12.2 Å². The van der Waals surface area contributed by atoms with Crippen LogP contribution in [0, 0.1) is 18.3 Å². The molecule has 1 aliphatic heterocycles. The van der Waals surface area contributed by atoms with Gasteiger partial charge in [-0.2, -0.15) is 5.26 Å². The van der Waals surface area contributed by atoms with Crippen molar-refractivity contribution in [2.24, 2.45) is 0 Å². The molecule has 140 valence electrons. The number of benzene rings is 1. The number of rotatable bonds is 4. The van der Waals surface area contributed by atoms with Gasteiger partial charge in [0, 0.05) is 26.2 Å². The fourth-order valence-corrected chi connectivity index (χ4v) is 4.03. The summed E-state index contributed by atoms with van der Waals surface area (Å²) >= 11 is 0. The summed E-state index contributed by atoms with van der Waals surface area (Å²) in [5, 5.41) is 13.2. The number of para-hydroxylation sites is 2. The van der Waals surface area contributed by atoms with Crippen molar-refractivity contribution in [3.8, 4) is 6.07 Å². The molecule has 0 amide bonds. The predicted octanol–water partition coefficient (Wildman–Crippen LogP) is 3.19. The van der Waals surface area contributed by atoms with E-state index in [0.29, 0.717) is 5.56 Å². The largest absolute Gasteiger partial charge is 0.373 e. The van der Waals surface area contributed by atoms with Crippen molar-refractivity contribution in [3.05, 3.63) is 41.5 Å². The lowest BCUT2D eigenvalue weighted by atomic mass is 10.1. The Morgan fingerprint density at radius 2 is 2.00 bits per heavy atom. The molecule has 6 nitrogen and oxygen atoms in total. The molecule has 0 bridgehead atoms. The van der Waals surface area contributed by atoms with Crippen molar-refractivity contribution in [3.63, 3.8) is 0 Å². The van der Waals surface area contributed by atoms with Crippen molar-refractivity contribution in [1.29, 1.82) is 5.26 Å². The molecule has 2 atom stereocenters. The zero-order valence-electron chi connectivity index (χ0n) is 16.1. The summed E-state index contributed by atoms with van der Waals surface area (Å²) in [7, 11) is 0. The van der Waals surface area contributed by atoms with E-state index in [1.165, 1.54) is 0 Å². The number of morpholine rings is 1. The van der Waals surface area contributed by atoms with Crippen molar-refractivity contribution in [2.75, 3.05) is 31.5 Å². The van der Waals surface area contributed by atoms with Crippen molar-refractivity contribution in [1.82, 2.24) is 14.3 Å². The van der Waals surface area contributed by atoms with Crippen LogP contribution in [0.4, 0.5) is 5.82 Å². The molecule has 0 radical (unpaired) electrons. The smallest absolute Gasteiger partial charge is 0.157 e. The maximum absolute atomic E-state index is 9.59. The summed E-state index contributed by atoms with van der Waals surface area (Å²) < 4.78 is 7.87. The first kappa shape index (κ1) is 17.8. The molecule has 0 aliphatic carbocycles. The molecule has 0 spiro atoms. The van der Waals surface area contributed by atoms with Crippen molar-refractivity contribution >= 4 is 22.5 Å². The van der Waals surface area contributed by atoms with E-state index in [4.69, 9.17) is 9.72 Å². The Labute approximate surface area is 159 Å². The van der Waals surface area contributed by atoms with E-state index < -0.39 is 0 Å². The fourth-order valence-electron chi connectivity index (χ4n) is 4.03. The van der Waals surface area contributed by atoms with Crippen molar-refractivity contribution < 1.29 is 4.74 Å². The molecule has 1 aromatic carbocycles. The number of anilines is 1. The summed E-state index contributed by atoms with van der Waals surface area (Å²) in [5.74, 6) is 0.976. The van der Waals surface area contributed by atoms with Crippen LogP contribution in [0.2, 0.25) is 0 Å². The van der Waals surface area contributed by atoms with Crippen LogP contribution < -0.4 is 5.32 Å². The van der Waals surface area contributed by atoms with E-state index in [0.717, 1.165) is 54.2 Å². The Bertz CT molecular complexity index is 1010. The van der Waals surface area contributed by atoms with E-state index in [9.17, 15) is 5.26 Å². The van der Waals surface area contributed by atoms with Crippen LogP contribution in [0.5, 0.6) is 0 Å². The Hall–Kier alpha value is -2.62. The first-order chi connectivity index (χ1) is 13.1. The number of nitrogens with zero attached hydrogens (tertiary/aromatic N) is 4. The first-order valence-electron chi connectivity index (χ1n) is 9.49. The second-order valence-electron chi connectivity index (χ2n) is 7.40. The zero-order chi connectivity index (χ0) is 19.0. The average Bonchev–Trinajstić information content (AvgIpc) is 3.00. The molecule has 2 aromatic heterocycles. The predicted molar refractivity (Wildman–Crippen MR) is 107 cm³/mol. The van der Waals surface area contributed by atoms with Gasteiger partial charge in [0.05, 0.1) is 28.8 Å². The first-order valence-corrected chi connectivity index (χ1v) is 9.49. The van der Waals surface area contributed by atoms with Gasteiger partial charge in [-0.25, -0.2) is 4.98 Å². The van der Waals surface area contributed by atoms with Gasteiger partial charge in [-0.05, 0) is 44.5 Å². The van der Waals surface area contributed by atoms with Crippen LogP contribution in [0.3, 0.4) is 0 Å². The minimum absolute atomic E-state index is 0.273. The number of aryl methyl sites for hydroxylation is 1. The third-order valence-electron chi connectivity index (χ3n) is 5.11. The molecule has 1 N–H and O–H groups in total. The lowest BCUT2D eigenvalue weighted by molar-refractivity contribution is -0.0667. The number of nitrogens with one attached hydrogen (secondary N) is 1. The van der Waals surface area contributed by atoms with Gasteiger partial charge in [0.2, 0.25) is 0 Å². The minimum atomic E-state index is 0.273. The van der Waals surface area contributed by atoms with Gasteiger partial charge >= 0.3 is 0 Å². The van der Waals surface area contributed by atoms with Gasteiger partial charge in [0.15, 0.2) is 5.65 Å². The van der Waals surface area contributed by atoms with Crippen LogP contribution in [0.25, 0.3) is 16.7 Å². The maximum Gasteiger partial charge on any atom is 0.157 e. The van der Waals surface area contributed by atoms with Crippen LogP contribution in [-0.2, 0) is 4.74 Å². The van der Waals surface area contributed by atoms with Gasteiger partial charge in [0.25, 0.3) is 0 Å². The third-order valence-corrected chi connectivity index (χ3v) is 5.11. The van der Waals surface area contributed by atoms with Gasteiger partial charge in [-0.15, -0.1) is 0 Å². The van der Waals surface area contributed by atoms with Gasteiger partial charge < -0.3 is 10.1 Å². The molecule has 1 aliphatic rings. The average molecular weight is 363 g/mol. The highest BCUT2D eigenvalue weighted by molar-refractivity contribution is 5.85. The van der Waals surface area contributed by atoms with Crippen molar-refractivity contribution in [2.45, 2.75) is 33.0 Å². The van der Waals surface area contributed by atoms with Gasteiger partial charge in [-0.1, -0.05) is 12.1 Å². The lowest BCUT2D eigenvalue weighted by Gasteiger charge is -2.35. The maximum atomic E-state index is 9.59. The normalized spacial score (nSPS) is 20.8. The number of aromatic nitrogens is 2. The SMILES string of the molecule is Cc1cc(NCCN2CC(C)OC(C)C2)n2c(nc3ccccc32)c1C#N. The molecule has 2 unspecified atom stereocenters. The number of nitriles is 1. The highest BCUT2D eigenvalue weighted by atomic mass is 16.5. The van der Waals surface area contributed by atoms with E-state index in [1.807, 2.05) is 37.3 Å². The molecule has 6 heteroatoms. The number of fused-ring (bicyclic) bond motifs is 3. The lowest BCUT2D eigenvalue weighted by Crippen LogP contribution is -2.46. The molecular weight excluding hydrogens is 338 g/mol. The monoisotopic (exact) mass is 363 g/mol. The highest BCUT2D eigenvalue weighted by Crippen LogP contribution is 2.26. The fraction of sp³-hybridized carbons (Fsp3) is 0.429. The third kappa shape index (κ3) is 3.36. The van der Waals surface area contributed by atoms with E-state index in [1.54, 1.807) is 0 Å². The molecule has 1 fully saturated rings. The number of pyridine rings is 1. The molecule has 3 heterocycles. The van der Waals surface area contributed by atoms with Crippen LogP contribution in [-0.4, -0.2) is 52.7 Å². The Morgan fingerprint density at radius 3 is 2.74 bits per heavy atom. The van der Waals surface area contributed by atoms with Crippen LogP contribution >= 0.6 is 0 Å². The van der Waals surface area contributed by atoms with Gasteiger partial charge in [-0.3, -0.25) is 9.30 Å². The van der Waals surface area contributed by atoms with E-state index in [2.05, 4.69) is 34.5 Å². The van der Waals surface area contributed by atoms with Crippen LogP contribution in [0.1, 0.15) is 25.0 Å². The number of hydrogen-bond acceptors (Lipinski definition) is 5.